The first-order valence-corrected chi connectivity index (χ1v) is 10.9. The summed E-state index contributed by atoms with van der Waals surface area (Å²) >= 11 is 6.41. The molecule has 2 aliphatic rings. The van der Waals surface area contributed by atoms with Gasteiger partial charge in [-0.3, -0.25) is 0 Å². The zero-order valence-corrected chi connectivity index (χ0v) is 16.2. The summed E-state index contributed by atoms with van der Waals surface area (Å²) < 4.78 is 0. The van der Waals surface area contributed by atoms with E-state index < -0.39 is 0 Å². The summed E-state index contributed by atoms with van der Waals surface area (Å²) in [6.07, 6.45) is 17.4. The predicted octanol–water partition coefficient (Wildman–Crippen LogP) is 8.00. The molecule has 3 rings (SSSR count). The van der Waals surface area contributed by atoms with E-state index >= 15 is 0 Å². The van der Waals surface area contributed by atoms with Crippen molar-refractivity contribution in [2.24, 2.45) is 17.8 Å². The van der Waals surface area contributed by atoms with Gasteiger partial charge in [-0.15, -0.1) is 0 Å². The van der Waals surface area contributed by atoms with Crippen molar-refractivity contribution in [1.82, 2.24) is 0 Å². The minimum absolute atomic E-state index is 0.709. The number of halogens is 1. The van der Waals surface area contributed by atoms with Crippen molar-refractivity contribution >= 4 is 11.6 Å². The van der Waals surface area contributed by atoms with E-state index in [9.17, 15) is 0 Å². The van der Waals surface area contributed by atoms with Gasteiger partial charge in [-0.05, 0) is 73.8 Å². The lowest BCUT2D eigenvalue weighted by molar-refractivity contribution is 0.155. The molecule has 1 aromatic rings. The van der Waals surface area contributed by atoms with E-state index in [4.69, 9.17) is 11.6 Å². The highest BCUT2D eigenvalue weighted by molar-refractivity contribution is 6.31. The highest BCUT2D eigenvalue weighted by Crippen LogP contribution is 2.45. The molecule has 0 aliphatic heterocycles. The van der Waals surface area contributed by atoms with Gasteiger partial charge in [0.1, 0.15) is 0 Å². The summed E-state index contributed by atoms with van der Waals surface area (Å²) in [5.41, 5.74) is 1.40. The molecule has 1 aromatic carbocycles. The zero-order chi connectivity index (χ0) is 16.8. The van der Waals surface area contributed by atoms with Crippen molar-refractivity contribution < 1.29 is 0 Å². The van der Waals surface area contributed by atoms with E-state index in [0.717, 1.165) is 22.8 Å². The quantitative estimate of drug-likeness (QED) is 0.457. The molecule has 0 atom stereocenters. The van der Waals surface area contributed by atoms with Crippen molar-refractivity contribution in [3.63, 3.8) is 0 Å². The van der Waals surface area contributed by atoms with Crippen LogP contribution in [0.1, 0.15) is 95.5 Å². The monoisotopic (exact) mass is 346 g/mol. The van der Waals surface area contributed by atoms with Crippen molar-refractivity contribution in [2.75, 3.05) is 0 Å². The number of hydrogen-bond donors (Lipinski definition) is 0. The molecular formula is C23H35Cl. The largest absolute Gasteiger partial charge is 0.0840 e. The van der Waals surface area contributed by atoms with E-state index in [0.29, 0.717) is 5.92 Å². The van der Waals surface area contributed by atoms with Gasteiger partial charge in [-0.1, -0.05) is 75.2 Å². The maximum absolute atomic E-state index is 6.41. The van der Waals surface area contributed by atoms with E-state index in [2.05, 4.69) is 31.2 Å². The third kappa shape index (κ3) is 4.78. The van der Waals surface area contributed by atoms with Crippen molar-refractivity contribution in [2.45, 2.75) is 89.9 Å². The van der Waals surface area contributed by atoms with Crippen LogP contribution in [0.15, 0.2) is 24.3 Å². The maximum Gasteiger partial charge on any atom is 0.0440 e. The molecular weight excluding hydrogens is 312 g/mol. The first-order chi connectivity index (χ1) is 11.8. The fourth-order valence-electron chi connectivity index (χ4n) is 5.34. The van der Waals surface area contributed by atoms with Crippen LogP contribution in [0.2, 0.25) is 5.02 Å². The minimum atomic E-state index is 0.709. The van der Waals surface area contributed by atoms with Gasteiger partial charge in [-0.25, -0.2) is 0 Å². The van der Waals surface area contributed by atoms with Crippen LogP contribution in [0, 0.1) is 17.8 Å². The Morgan fingerprint density at radius 1 is 0.833 bits per heavy atom. The second-order valence-corrected chi connectivity index (χ2v) is 8.82. The third-order valence-corrected chi connectivity index (χ3v) is 7.24. The van der Waals surface area contributed by atoms with Crippen molar-refractivity contribution in [1.29, 1.82) is 0 Å². The lowest BCUT2D eigenvalue weighted by Crippen LogP contribution is -2.25. The molecule has 0 spiro atoms. The Kier molecular flexibility index (Phi) is 7.07. The Balaban J connectivity index is 1.42. The normalized spacial score (nSPS) is 31.1. The fourth-order valence-corrected chi connectivity index (χ4v) is 5.63. The number of hydrogen-bond acceptors (Lipinski definition) is 0. The minimum Gasteiger partial charge on any atom is -0.0840 e. The second-order valence-electron chi connectivity index (χ2n) is 8.41. The number of unbranched alkanes of at least 4 members (excludes halogenated alkanes) is 2. The molecule has 2 fully saturated rings. The molecule has 2 saturated carbocycles. The molecule has 0 unspecified atom stereocenters. The number of rotatable bonds is 6. The molecule has 24 heavy (non-hydrogen) atoms. The molecule has 1 heteroatoms. The van der Waals surface area contributed by atoms with E-state index in [-0.39, 0.29) is 0 Å². The molecule has 134 valence electrons. The van der Waals surface area contributed by atoms with Gasteiger partial charge in [0, 0.05) is 5.02 Å². The molecule has 0 N–H and O–H groups in total. The number of benzene rings is 1. The van der Waals surface area contributed by atoms with Crippen LogP contribution < -0.4 is 0 Å². The summed E-state index contributed by atoms with van der Waals surface area (Å²) in [5, 5.41) is 0.980. The fraction of sp³-hybridized carbons (Fsp3) is 0.739. The van der Waals surface area contributed by atoms with Crippen LogP contribution in [0.25, 0.3) is 0 Å². The second kappa shape index (κ2) is 9.27. The topological polar surface area (TPSA) is 0 Å². The molecule has 0 radical (unpaired) electrons. The van der Waals surface area contributed by atoms with Crippen LogP contribution >= 0.6 is 11.6 Å². The third-order valence-electron chi connectivity index (χ3n) is 6.89. The Bertz CT molecular complexity index is 479. The molecule has 2 aliphatic carbocycles. The lowest BCUT2D eigenvalue weighted by atomic mass is 9.68. The SMILES string of the molecule is CCCCCC1CCC(C2CCC(c3ccccc3Cl)CC2)CC1. The van der Waals surface area contributed by atoms with Crippen LogP contribution in [-0.4, -0.2) is 0 Å². The van der Waals surface area contributed by atoms with Gasteiger partial charge < -0.3 is 0 Å². The van der Waals surface area contributed by atoms with Crippen LogP contribution in [0.4, 0.5) is 0 Å². The van der Waals surface area contributed by atoms with Crippen molar-refractivity contribution in [3.8, 4) is 0 Å². The van der Waals surface area contributed by atoms with Crippen molar-refractivity contribution in [3.05, 3.63) is 34.9 Å². The summed E-state index contributed by atoms with van der Waals surface area (Å²) in [5.74, 6) is 3.78. The van der Waals surface area contributed by atoms with Crippen LogP contribution in [0.3, 0.4) is 0 Å². The van der Waals surface area contributed by atoms with Crippen LogP contribution in [0.5, 0.6) is 0 Å². The molecule has 0 saturated heterocycles. The van der Waals surface area contributed by atoms with Gasteiger partial charge in [0.25, 0.3) is 0 Å². The van der Waals surface area contributed by atoms with E-state index in [1.165, 1.54) is 82.6 Å². The smallest absolute Gasteiger partial charge is 0.0440 e. The van der Waals surface area contributed by atoms with Gasteiger partial charge in [0.2, 0.25) is 0 Å². The average Bonchev–Trinajstić information content (AvgIpc) is 2.63. The Hall–Kier alpha value is -0.490. The average molecular weight is 347 g/mol. The highest BCUT2D eigenvalue weighted by atomic mass is 35.5. The van der Waals surface area contributed by atoms with E-state index in [1.54, 1.807) is 0 Å². The van der Waals surface area contributed by atoms with Crippen LogP contribution in [-0.2, 0) is 0 Å². The Morgan fingerprint density at radius 3 is 2.08 bits per heavy atom. The first kappa shape index (κ1) is 18.3. The predicted molar refractivity (Wildman–Crippen MR) is 106 cm³/mol. The molecule has 0 amide bonds. The summed E-state index contributed by atoms with van der Waals surface area (Å²) in [6, 6.07) is 8.50. The van der Waals surface area contributed by atoms with Gasteiger partial charge in [-0.2, -0.15) is 0 Å². The Labute approximate surface area is 154 Å². The summed E-state index contributed by atoms with van der Waals surface area (Å²) in [6.45, 7) is 2.32. The highest BCUT2D eigenvalue weighted by Gasteiger charge is 2.31. The lowest BCUT2D eigenvalue weighted by Gasteiger charge is -2.38. The van der Waals surface area contributed by atoms with E-state index in [1.807, 2.05) is 0 Å². The molecule has 0 heterocycles. The Morgan fingerprint density at radius 2 is 1.46 bits per heavy atom. The molecule has 0 nitrogen and oxygen atoms in total. The van der Waals surface area contributed by atoms with Gasteiger partial charge in [0.15, 0.2) is 0 Å². The standard InChI is InChI=1S/C23H35Cl/c1-2-3-4-7-18-10-12-19(13-11-18)20-14-16-21(17-15-20)22-8-5-6-9-23(22)24/h5-6,8-9,18-21H,2-4,7,10-17H2,1H3. The summed E-state index contributed by atoms with van der Waals surface area (Å²) in [4.78, 5) is 0. The first-order valence-electron chi connectivity index (χ1n) is 10.5. The maximum atomic E-state index is 6.41. The molecule has 0 aromatic heterocycles. The molecule has 0 bridgehead atoms. The van der Waals surface area contributed by atoms with Gasteiger partial charge in [0.05, 0.1) is 0 Å². The zero-order valence-electron chi connectivity index (χ0n) is 15.5. The summed E-state index contributed by atoms with van der Waals surface area (Å²) in [7, 11) is 0. The van der Waals surface area contributed by atoms with Gasteiger partial charge >= 0.3 is 0 Å².